The predicted octanol–water partition coefficient (Wildman–Crippen LogP) is 1.07. The molecule has 1 aromatic rings. The Balaban J connectivity index is 2.54. The SMILES string of the molecule is CC1(C)CC(=O)N(c2ncccc2C(=O)O)C1=O. The molecule has 0 atom stereocenters. The number of hydrogen-bond acceptors (Lipinski definition) is 4. The molecular formula is C12H12N2O4. The topological polar surface area (TPSA) is 87.6 Å². The molecule has 1 saturated heterocycles. The lowest BCUT2D eigenvalue weighted by Crippen LogP contribution is -2.34. The molecule has 0 radical (unpaired) electrons. The monoisotopic (exact) mass is 248 g/mol. The summed E-state index contributed by atoms with van der Waals surface area (Å²) in [4.78, 5) is 39.7. The molecule has 2 heterocycles. The Kier molecular flexibility index (Phi) is 2.65. The Bertz CT molecular complexity index is 551. The lowest BCUT2D eigenvalue weighted by molar-refractivity contribution is -0.124. The fraction of sp³-hybridized carbons (Fsp3) is 0.333. The van der Waals surface area contributed by atoms with Crippen LogP contribution in [0.15, 0.2) is 18.3 Å². The van der Waals surface area contributed by atoms with Crippen LogP contribution in [0.3, 0.4) is 0 Å². The van der Waals surface area contributed by atoms with E-state index in [1.165, 1.54) is 18.3 Å². The van der Waals surface area contributed by atoms with E-state index in [1.54, 1.807) is 13.8 Å². The first-order valence-electron chi connectivity index (χ1n) is 5.40. The van der Waals surface area contributed by atoms with Gasteiger partial charge < -0.3 is 5.11 Å². The molecule has 0 aromatic carbocycles. The number of pyridine rings is 1. The van der Waals surface area contributed by atoms with Crippen molar-refractivity contribution in [2.45, 2.75) is 20.3 Å². The number of carbonyl (C=O) groups is 3. The summed E-state index contributed by atoms with van der Waals surface area (Å²) in [5.74, 6) is -2.17. The number of hydrogen-bond donors (Lipinski definition) is 1. The quantitative estimate of drug-likeness (QED) is 0.791. The normalized spacial score (nSPS) is 18.2. The zero-order chi connectivity index (χ0) is 13.5. The average Bonchev–Trinajstić information content (AvgIpc) is 2.48. The number of carboxylic acid groups (broad SMARTS) is 1. The largest absolute Gasteiger partial charge is 0.478 e. The van der Waals surface area contributed by atoms with Crippen LogP contribution in [-0.4, -0.2) is 27.9 Å². The zero-order valence-corrected chi connectivity index (χ0v) is 10.0. The minimum absolute atomic E-state index is 0.0570. The van der Waals surface area contributed by atoms with Crippen molar-refractivity contribution in [3.8, 4) is 0 Å². The fourth-order valence-electron chi connectivity index (χ4n) is 1.91. The molecule has 18 heavy (non-hydrogen) atoms. The van der Waals surface area contributed by atoms with Gasteiger partial charge in [-0.15, -0.1) is 0 Å². The molecule has 1 aliphatic rings. The highest BCUT2D eigenvalue weighted by molar-refractivity contribution is 6.23. The number of aromatic carboxylic acids is 1. The van der Waals surface area contributed by atoms with Crippen LogP contribution in [0, 0.1) is 5.41 Å². The molecule has 94 valence electrons. The molecule has 0 spiro atoms. The van der Waals surface area contributed by atoms with Crippen LogP contribution in [0.5, 0.6) is 0 Å². The molecule has 0 unspecified atom stereocenters. The summed E-state index contributed by atoms with van der Waals surface area (Å²) in [6.45, 7) is 3.30. The van der Waals surface area contributed by atoms with E-state index in [0.717, 1.165) is 4.90 Å². The summed E-state index contributed by atoms with van der Waals surface area (Å²) in [6, 6.07) is 2.76. The third-order valence-electron chi connectivity index (χ3n) is 2.85. The van der Waals surface area contributed by atoms with Gasteiger partial charge >= 0.3 is 5.97 Å². The van der Waals surface area contributed by atoms with Crippen molar-refractivity contribution in [1.82, 2.24) is 4.98 Å². The van der Waals surface area contributed by atoms with Crippen molar-refractivity contribution >= 4 is 23.6 Å². The maximum absolute atomic E-state index is 12.1. The molecule has 0 aliphatic carbocycles. The fourth-order valence-corrected chi connectivity index (χ4v) is 1.91. The van der Waals surface area contributed by atoms with E-state index in [4.69, 9.17) is 5.11 Å². The molecule has 6 heteroatoms. The minimum Gasteiger partial charge on any atom is -0.478 e. The first-order valence-corrected chi connectivity index (χ1v) is 5.40. The number of rotatable bonds is 2. The van der Waals surface area contributed by atoms with E-state index >= 15 is 0 Å². The highest BCUT2D eigenvalue weighted by Gasteiger charge is 2.47. The van der Waals surface area contributed by atoms with Crippen LogP contribution in [-0.2, 0) is 9.59 Å². The number of imide groups is 1. The van der Waals surface area contributed by atoms with Gasteiger partial charge in [-0.2, -0.15) is 0 Å². The second-order valence-electron chi connectivity index (χ2n) is 4.77. The molecule has 1 N–H and O–H groups in total. The summed E-state index contributed by atoms with van der Waals surface area (Å²) in [5, 5.41) is 9.04. The number of anilines is 1. The van der Waals surface area contributed by atoms with Crippen molar-refractivity contribution in [3.63, 3.8) is 0 Å². The summed E-state index contributed by atoms with van der Waals surface area (Å²) < 4.78 is 0. The second kappa shape index (κ2) is 3.90. The van der Waals surface area contributed by atoms with Crippen LogP contribution in [0.4, 0.5) is 5.82 Å². The standard InChI is InChI=1S/C12H12N2O4/c1-12(2)6-8(15)14(11(12)18)9-7(10(16)17)4-3-5-13-9/h3-5H,6H2,1-2H3,(H,16,17). The number of nitrogens with zero attached hydrogens (tertiary/aromatic N) is 2. The van der Waals surface area contributed by atoms with E-state index in [-0.39, 0.29) is 17.8 Å². The summed E-state index contributed by atoms with van der Waals surface area (Å²) >= 11 is 0. The third kappa shape index (κ3) is 1.75. The molecule has 2 amide bonds. The lowest BCUT2D eigenvalue weighted by Gasteiger charge is -2.18. The van der Waals surface area contributed by atoms with E-state index in [9.17, 15) is 14.4 Å². The van der Waals surface area contributed by atoms with Gasteiger partial charge in [0.2, 0.25) is 11.8 Å². The maximum atomic E-state index is 12.1. The molecule has 0 saturated carbocycles. The van der Waals surface area contributed by atoms with Crippen LogP contribution < -0.4 is 4.90 Å². The number of aromatic nitrogens is 1. The van der Waals surface area contributed by atoms with Gasteiger partial charge in [-0.25, -0.2) is 14.7 Å². The Morgan fingerprint density at radius 2 is 2.11 bits per heavy atom. The summed E-state index contributed by atoms with van der Waals surface area (Å²) in [7, 11) is 0. The Hall–Kier alpha value is -2.24. The minimum atomic E-state index is -1.22. The maximum Gasteiger partial charge on any atom is 0.339 e. The van der Waals surface area contributed by atoms with Crippen molar-refractivity contribution in [3.05, 3.63) is 23.9 Å². The summed E-state index contributed by atoms with van der Waals surface area (Å²) in [5.41, 5.74) is -0.971. The third-order valence-corrected chi connectivity index (χ3v) is 2.85. The molecule has 1 aliphatic heterocycles. The first-order chi connectivity index (χ1) is 8.34. The number of amides is 2. The van der Waals surface area contributed by atoms with Gasteiger partial charge in [-0.1, -0.05) is 13.8 Å². The Labute approximate surface area is 103 Å². The van der Waals surface area contributed by atoms with Gasteiger partial charge in [0.15, 0.2) is 5.82 Å². The smallest absolute Gasteiger partial charge is 0.339 e. The van der Waals surface area contributed by atoms with E-state index in [0.29, 0.717) is 0 Å². The second-order valence-corrected chi connectivity index (χ2v) is 4.77. The molecule has 1 fully saturated rings. The summed E-state index contributed by atoms with van der Waals surface area (Å²) in [6.07, 6.45) is 1.41. The van der Waals surface area contributed by atoms with E-state index < -0.39 is 23.2 Å². The van der Waals surface area contributed by atoms with Gasteiger partial charge in [0.05, 0.1) is 5.41 Å². The van der Waals surface area contributed by atoms with E-state index in [2.05, 4.69) is 4.98 Å². The van der Waals surface area contributed by atoms with Gasteiger partial charge in [0.25, 0.3) is 0 Å². The van der Waals surface area contributed by atoms with Crippen molar-refractivity contribution in [1.29, 1.82) is 0 Å². The van der Waals surface area contributed by atoms with Gasteiger partial charge in [0, 0.05) is 12.6 Å². The van der Waals surface area contributed by atoms with Crippen LogP contribution in [0.25, 0.3) is 0 Å². The van der Waals surface area contributed by atoms with Crippen molar-refractivity contribution in [2.24, 2.45) is 5.41 Å². The molecule has 1 aromatic heterocycles. The Morgan fingerprint density at radius 1 is 1.44 bits per heavy atom. The molecule has 2 rings (SSSR count). The first kappa shape index (κ1) is 12.2. The van der Waals surface area contributed by atoms with Crippen molar-refractivity contribution < 1.29 is 19.5 Å². The average molecular weight is 248 g/mol. The molecular weight excluding hydrogens is 236 g/mol. The van der Waals surface area contributed by atoms with Crippen molar-refractivity contribution in [2.75, 3.05) is 4.90 Å². The molecule has 0 bridgehead atoms. The Morgan fingerprint density at radius 3 is 2.61 bits per heavy atom. The van der Waals surface area contributed by atoms with Crippen LogP contribution in [0.1, 0.15) is 30.6 Å². The molecule has 6 nitrogen and oxygen atoms in total. The van der Waals surface area contributed by atoms with Gasteiger partial charge in [-0.3, -0.25) is 9.59 Å². The number of carboxylic acids is 1. The van der Waals surface area contributed by atoms with E-state index in [1.807, 2.05) is 0 Å². The lowest BCUT2D eigenvalue weighted by atomic mass is 9.92. The van der Waals surface area contributed by atoms with Crippen LogP contribution in [0.2, 0.25) is 0 Å². The highest BCUT2D eigenvalue weighted by atomic mass is 16.4. The van der Waals surface area contributed by atoms with Gasteiger partial charge in [0.1, 0.15) is 5.56 Å². The number of carbonyl (C=O) groups excluding carboxylic acids is 2. The van der Waals surface area contributed by atoms with Gasteiger partial charge in [-0.05, 0) is 12.1 Å². The highest BCUT2D eigenvalue weighted by Crippen LogP contribution is 2.35. The van der Waals surface area contributed by atoms with Crippen LogP contribution >= 0.6 is 0 Å². The predicted molar refractivity (Wildman–Crippen MR) is 62.1 cm³/mol. The zero-order valence-electron chi connectivity index (χ0n) is 10.0.